The topological polar surface area (TPSA) is 50.7 Å². The first-order chi connectivity index (χ1) is 9.63. The lowest BCUT2D eigenvalue weighted by Gasteiger charge is -2.14. The van der Waals surface area contributed by atoms with E-state index in [4.69, 9.17) is 9.47 Å². The monoisotopic (exact) mass is 345 g/mol. The van der Waals surface area contributed by atoms with E-state index < -0.39 is 6.10 Å². The summed E-state index contributed by atoms with van der Waals surface area (Å²) in [4.78, 5) is 0. The molecule has 1 aromatic rings. The van der Waals surface area contributed by atoms with Crippen LogP contribution in [0.25, 0.3) is 0 Å². The standard InChI is InChI=1S/C15H24BrNO3/c1-3-19-8-4-7-17-10-13(18)11-20-15-6-5-12(2)9-14(15)16/h5-6,9,13,17-18H,3-4,7-8,10-11H2,1-2H3. The Morgan fingerprint density at radius 2 is 2.20 bits per heavy atom. The van der Waals surface area contributed by atoms with Crippen molar-refractivity contribution in [1.29, 1.82) is 0 Å². The van der Waals surface area contributed by atoms with Gasteiger partial charge in [0.25, 0.3) is 0 Å². The number of aliphatic hydroxyl groups excluding tert-OH is 1. The van der Waals surface area contributed by atoms with Crippen LogP contribution in [0, 0.1) is 6.92 Å². The van der Waals surface area contributed by atoms with Gasteiger partial charge < -0.3 is 19.9 Å². The first-order valence-electron chi connectivity index (χ1n) is 6.99. The van der Waals surface area contributed by atoms with Gasteiger partial charge in [-0.25, -0.2) is 0 Å². The summed E-state index contributed by atoms with van der Waals surface area (Å²) in [7, 11) is 0. The fourth-order valence-electron chi connectivity index (χ4n) is 1.68. The van der Waals surface area contributed by atoms with Gasteiger partial charge in [-0.2, -0.15) is 0 Å². The maximum Gasteiger partial charge on any atom is 0.133 e. The molecule has 0 saturated heterocycles. The lowest BCUT2D eigenvalue weighted by molar-refractivity contribution is 0.104. The molecule has 0 radical (unpaired) electrons. The Bertz CT molecular complexity index is 387. The van der Waals surface area contributed by atoms with Crippen molar-refractivity contribution in [1.82, 2.24) is 5.32 Å². The highest BCUT2D eigenvalue weighted by Gasteiger charge is 2.07. The van der Waals surface area contributed by atoms with E-state index in [-0.39, 0.29) is 6.61 Å². The molecule has 0 saturated carbocycles. The third kappa shape index (κ3) is 7.24. The third-order valence-corrected chi connectivity index (χ3v) is 3.36. The lowest BCUT2D eigenvalue weighted by atomic mass is 10.2. The van der Waals surface area contributed by atoms with Crippen molar-refractivity contribution in [3.8, 4) is 5.75 Å². The van der Waals surface area contributed by atoms with E-state index in [2.05, 4.69) is 21.2 Å². The van der Waals surface area contributed by atoms with Crippen LogP contribution in [-0.4, -0.2) is 44.1 Å². The van der Waals surface area contributed by atoms with Crippen molar-refractivity contribution in [3.63, 3.8) is 0 Å². The number of hydrogen-bond acceptors (Lipinski definition) is 4. The third-order valence-electron chi connectivity index (χ3n) is 2.74. The van der Waals surface area contributed by atoms with Crippen LogP contribution in [0.5, 0.6) is 5.75 Å². The van der Waals surface area contributed by atoms with Crippen molar-refractivity contribution < 1.29 is 14.6 Å². The molecule has 0 fully saturated rings. The SMILES string of the molecule is CCOCCCNCC(O)COc1ccc(C)cc1Br. The van der Waals surface area contributed by atoms with E-state index in [1.54, 1.807) is 0 Å². The zero-order chi connectivity index (χ0) is 14.8. The number of ether oxygens (including phenoxy) is 2. The smallest absolute Gasteiger partial charge is 0.133 e. The molecular weight excluding hydrogens is 322 g/mol. The average molecular weight is 346 g/mol. The molecule has 5 heteroatoms. The molecule has 0 aromatic heterocycles. The van der Waals surface area contributed by atoms with Crippen molar-refractivity contribution in [2.45, 2.75) is 26.4 Å². The van der Waals surface area contributed by atoms with Crippen LogP contribution < -0.4 is 10.1 Å². The zero-order valence-corrected chi connectivity index (χ0v) is 13.8. The van der Waals surface area contributed by atoms with Gasteiger partial charge in [-0.3, -0.25) is 0 Å². The summed E-state index contributed by atoms with van der Waals surface area (Å²) in [5.74, 6) is 0.756. The number of aryl methyl sites for hydroxylation is 1. The van der Waals surface area contributed by atoms with Gasteiger partial charge in [0.15, 0.2) is 0 Å². The Kier molecular flexibility index (Phi) is 8.85. The molecule has 1 unspecified atom stereocenters. The predicted molar refractivity (Wildman–Crippen MR) is 84.4 cm³/mol. The van der Waals surface area contributed by atoms with Gasteiger partial charge in [-0.1, -0.05) is 6.07 Å². The lowest BCUT2D eigenvalue weighted by Crippen LogP contribution is -2.32. The summed E-state index contributed by atoms with van der Waals surface area (Å²) in [6, 6.07) is 5.88. The second-order valence-electron chi connectivity index (χ2n) is 4.65. The van der Waals surface area contributed by atoms with Gasteiger partial charge in [-0.05, 0) is 60.4 Å². The largest absolute Gasteiger partial charge is 0.490 e. The Morgan fingerprint density at radius 1 is 1.40 bits per heavy atom. The van der Waals surface area contributed by atoms with Crippen molar-refractivity contribution >= 4 is 15.9 Å². The molecule has 1 atom stereocenters. The number of halogens is 1. The number of nitrogens with one attached hydrogen (secondary N) is 1. The summed E-state index contributed by atoms with van der Waals surface area (Å²) >= 11 is 3.45. The zero-order valence-electron chi connectivity index (χ0n) is 12.2. The molecule has 20 heavy (non-hydrogen) atoms. The quantitative estimate of drug-likeness (QED) is 0.639. The number of hydrogen-bond donors (Lipinski definition) is 2. The molecule has 0 aliphatic carbocycles. The molecule has 0 bridgehead atoms. The molecule has 1 aromatic carbocycles. The van der Waals surface area contributed by atoms with Crippen LogP contribution in [-0.2, 0) is 4.74 Å². The van der Waals surface area contributed by atoms with E-state index in [1.807, 2.05) is 32.0 Å². The predicted octanol–water partition coefficient (Wildman–Crippen LogP) is 2.51. The van der Waals surface area contributed by atoms with E-state index >= 15 is 0 Å². The van der Waals surface area contributed by atoms with Gasteiger partial charge in [-0.15, -0.1) is 0 Å². The van der Waals surface area contributed by atoms with Gasteiger partial charge >= 0.3 is 0 Å². The summed E-state index contributed by atoms with van der Waals surface area (Å²) in [6.07, 6.45) is 0.431. The molecule has 4 nitrogen and oxygen atoms in total. The van der Waals surface area contributed by atoms with Crippen molar-refractivity contribution in [2.75, 3.05) is 32.9 Å². The molecule has 0 aliphatic heterocycles. The van der Waals surface area contributed by atoms with E-state index in [1.165, 1.54) is 5.56 Å². The second kappa shape index (κ2) is 10.2. The van der Waals surface area contributed by atoms with Crippen molar-refractivity contribution in [3.05, 3.63) is 28.2 Å². The molecule has 0 spiro atoms. The van der Waals surface area contributed by atoms with Crippen LogP contribution in [0.4, 0.5) is 0 Å². The first kappa shape index (κ1) is 17.4. The Balaban J connectivity index is 2.14. The van der Waals surface area contributed by atoms with E-state index in [9.17, 15) is 5.11 Å². The van der Waals surface area contributed by atoms with E-state index in [0.29, 0.717) is 6.54 Å². The summed E-state index contributed by atoms with van der Waals surface area (Å²) < 4.78 is 11.7. The van der Waals surface area contributed by atoms with Gasteiger partial charge in [0, 0.05) is 19.8 Å². The van der Waals surface area contributed by atoms with Crippen LogP contribution in [0.3, 0.4) is 0 Å². The number of benzene rings is 1. The van der Waals surface area contributed by atoms with Crippen LogP contribution in [0.15, 0.2) is 22.7 Å². The molecule has 0 aliphatic rings. The minimum absolute atomic E-state index is 0.278. The first-order valence-corrected chi connectivity index (χ1v) is 7.78. The fraction of sp³-hybridized carbons (Fsp3) is 0.600. The molecule has 0 heterocycles. The van der Waals surface area contributed by atoms with Crippen LogP contribution in [0.2, 0.25) is 0 Å². The molecular formula is C15H24BrNO3. The normalized spacial score (nSPS) is 12.4. The summed E-state index contributed by atoms with van der Waals surface area (Å²) in [5.41, 5.74) is 1.17. The maximum absolute atomic E-state index is 9.82. The Hall–Kier alpha value is -0.620. The summed E-state index contributed by atoms with van der Waals surface area (Å²) in [6.45, 7) is 7.16. The molecule has 2 N–H and O–H groups in total. The number of aliphatic hydroxyl groups is 1. The number of rotatable bonds is 10. The minimum Gasteiger partial charge on any atom is -0.490 e. The fourth-order valence-corrected chi connectivity index (χ4v) is 2.29. The summed E-state index contributed by atoms with van der Waals surface area (Å²) in [5, 5.41) is 13.0. The maximum atomic E-state index is 9.82. The van der Waals surface area contributed by atoms with Crippen LogP contribution in [0.1, 0.15) is 18.9 Å². The van der Waals surface area contributed by atoms with Crippen LogP contribution >= 0.6 is 15.9 Å². The second-order valence-corrected chi connectivity index (χ2v) is 5.51. The highest BCUT2D eigenvalue weighted by atomic mass is 79.9. The molecule has 0 amide bonds. The minimum atomic E-state index is -0.518. The molecule has 114 valence electrons. The van der Waals surface area contributed by atoms with Gasteiger partial charge in [0.05, 0.1) is 4.47 Å². The average Bonchev–Trinajstić information content (AvgIpc) is 2.41. The van der Waals surface area contributed by atoms with Crippen molar-refractivity contribution in [2.24, 2.45) is 0 Å². The highest BCUT2D eigenvalue weighted by Crippen LogP contribution is 2.25. The van der Waals surface area contributed by atoms with E-state index in [0.717, 1.165) is 36.4 Å². The highest BCUT2D eigenvalue weighted by molar-refractivity contribution is 9.10. The Morgan fingerprint density at radius 3 is 2.90 bits per heavy atom. The van der Waals surface area contributed by atoms with Gasteiger partial charge in [0.1, 0.15) is 18.5 Å². The van der Waals surface area contributed by atoms with Gasteiger partial charge in [0.2, 0.25) is 0 Å². The molecule has 1 rings (SSSR count). The Labute approximate surface area is 129 Å².